The van der Waals surface area contributed by atoms with E-state index in [1.165, 1.54) is 16.8 Å². The number of rotatable bonds is 8. The zero-order valence-electron chi connectivity index (χ0n) is 21.7. The van der Waals surface area contributed by atoms with Crippen molar-refractivity contribution in [3.63, 3.8) is 0 Å². The molecule has 1 unspecified atom stereocenters. The smallest absolute Gasteiger partial charge is 0.163 e. The van der Waals surface area contributed by atoms with E-state index in [1.54, 1.807) is 6.20 Å². The molecule has 1 aromatic heterocycles. The van der Waals surface area contributed by atoms with E-state index in [0.717, 1.165) is 62.4 Å². The number of ether oxygens (including phenoxy) is 1. The summed E-state index contributed by atoms with van der Waals surface area (Å²) in [5, 5.41) is 0. The highest BCUT2D eigenvalue weighted by Gasteiger charge is 2.27. The monoisotopic (exact) mass is 506 g/mol. The number of aromatic nitrogens is 2. The molecule has 6 nitrogen and oxygen atoms in total. The number of anilines is 1. The van der Waals surface area contributed by atoms with Crippen LogP contribution in [0.25, 0.3) is 0 Å². The normalized spacial score (nSPS) is 16.7. The summed E-state index contributed by atoms with van der Waals surface area (Å²) < 4.78 is 8.90. The molecule has 0 saturated carbocycles. The van der Waals surface area contributed by atoms with Gasteiger partial charge in [-0.05, 0) is 48.2 Å². The second kappa shape index (κ2) is 11.2. The summed E-state index contributed by atoms with van der Waals surface area (Å²) in [5.74, 6) is 1.14. The van der Waals surface area contributed by atoms with Gasteiger partial charge >= 0.3 is 0 Å². The van der Waals surface area contributed by atoms with Gasteiger partial charge < -0.3 is 14.2 Å². The van der Waals surface area contributed by atoms with Crippen LogP contribution in [0.15, 0.2) is 91.5 Å². The summed E-state index contributed by atoms with van der Waals surface area (Å²) in [7, 11) is 0. The van der Waals surface area contributed by atoms with E-state index in [1.807, 2.05) is 30.7 Å². The number of piperazine rings is 1. The molecule has 2 aliphatic rings. The Morgan fingerprint density at radius 3 is 2.37 bits per heavy atom. The predicted molar refractivity (Wildman–Crippen MR) is 150 cm³/mol. The maximum absolute atomic E-state index is 12.8. The van der Waals surface area contributed by atoms with E-state index < -0.39 is 0 Å². The van der Waals surface area contributed by atoms with Gasteiger partial charge in [-0.3, -0.25) is 9.69 Å². The lowest BCUT2D eigenvalue weighted by Crippen LogP contribution is -2.46. The van der Waals surface area contributed by atoms with Gasteiger partial charge in [0.2, 0.25) is 0 Å². The van der Waals surface area contributed by atoms with Crippen LogP contribution in [-0.4, -0.2) is 46.4 Å². The average Bonchev–Trinajstić information content (AvgIpc) is 3.49. The quantitative estimate of drug-likeness (QED) is 0.314. The number of Topliss-reactive ketones (excluding diaryl/α,β-unsaturated/α-hetero) is 1. The number of nitrogens with zero attached hydrogens (tertiary/aromatic N) is 4. The molecule has 1 saturated heterocycles. The first-order valence-corrected chi connectivity index (χ1v) is 13.6. The molecule has 1 atom stereocenters. The summed E-state index contributed by atoms with van der Waals surface area (Å²) in [5.41, 5.74) is 5.64. The van der Waals surface area contributed by atoms with Crippen molar-refractivity contribution in [2.75, 3.05) is 31.1 Å². The number of carbonyl (C=O) groups excluding carboxylic acids is 1. The fourth-order valence-corrected chi connectivity index (χ4v) is 5.71. The van der Waals surface area contributed by atoms with Crippen LogP contribution in [0.3, 0.4) is 0 Å². The summed E-state index contributed by atoms with van der Waals surface area (Å²) in [6.45, 7) is 5.38. The van der Waals surface area contributed by atoms with Gasteiger partial charge in [0.1, 0.15) is 11.9 Å². The average molecular weight is 507 g/mol. The number of hydrogen-bond acceptors (Lipinski definition) is 5. The van der Waals surface area contributed by atoms with E-state index in [-0.39, 0.29) is 11.9 Å². The van der Waals surface area contributed by atoms with E-state index in [2.05, 4.69) is 73.9 Å². The van der Waals surface area contributed by atoms with Gasteiger partial charge in [0.15, 0.2) is 5.78 Å². The van der Waals surface area contributed by atoms with Gasteiger partial charge in [-0.25, -0.2) is 4.98 Å². The minimum Gasteiger partial charge on any atom is -0.484 e. The van der Waals surface area contributed by atoms with Crippen molar-refractivity contribution in [3.05, 3.63) is 114 Å². The Morgan fingerprint density at radius 1 is 0.868 bits per heavy atom. The standard InChI is InChI=1S/C32H34N4O2/c37-30-13-7-12-27-28(30)14-15-31(38-32(23-35-17-16-33-24-35)25-8-3-1-4-9-25)29(27)22-34-18-20-36(21-19-34)26-10-5-2-6-11-26/h1-6,8-11,14-17,24,32H,7,12-13,18-23H2. The molecule has 6 heteroatoms. The molecule has 6 rings (SSSR count). The number of ketones is 1. The Labute approximate surface area is 224 Å². The molecule has 1 aliphatic heterocycles. The maximum Gasteiger partial charge on any atom is 0.163 e. The molecule has 0 radical (unpaired) electrons. The third-order valence-electron chi connectivity index (χ3n) is 7.77. The van der Waals surface area contributed by atoms with Gasteiger partial charge in [-0.1, -0.05) is 48.5 Å². The maximum atomic E-state index is 12.8. The van der Waals surface area contributed by atoms with E-state index >= 15 is 0 Å². The molecule has 2 heterocycles. The highest BCUT2D eigenvalue weighted by Crippen LogP contribution is 2.35. The lowest BCUT2D eigenvalue weighted by Gasteiger charge is -2.37. The topological polar surface area (TPSA) is 50.6 Å². The summed E-state index contributed by atoms with van der Waals surface area (Å²) in [6.07, 6.45) is 7.89. The molecule has 4 aromatic rings. The number of benzene rings is 3. The molecule has 1 fully saturated rings. The molecular weight excluding hydrogens is 472 g/mol. The third kappa shape index (κ3) is 5.36. The Bertz CT molecular complexity index is 1350. The Morgan fingerprint density at radius 2 is 1.63 bits per heavy atom. The first kappa shape index (κ1) is 24.4. The van der Waals surface area contributed by atoms with Crippen LogP contribution in [0, 0.1) is 0 Å². The molecule has 0 amide bonds. The highest BCUT2D eigenvalue weighted by atomic mass is 16.5. The second-order valence-corrected chi connectivity index (χ2v) is 10.2. The van der Waals surface area contributed by atoms with Crippen LogP contribution in [0.2, 0.25) is 0 Å². The van der Waals surface area contributed by atoms with Crippen molar-refractivity contribution in [1.29, 1.82) is 0 Å². The molecule has 0 bridgehead atoms. The minimum absolute atomic E-state index is 0.170. The Balaban J connectivity index is 1.28. The zero-order valence-corrected chi connectivity index (χ0v) is 21.7. The van der Waals surface area contributed by atoms with Crippen molar-refractivity contribution in [2.45, 2.75) is 38.5 Å². The van der Waals surface area contributed by atoms with Gasteiger partial charge in [0.05, 0.1) is 12.9 Å². The largest absolute Gasteiger partial charge is 0.484 e. The summed E-state index contributed by atoms with van der Waals surface area (Å²) in [4.78, 5) is 22.0. The van der Waals surface area contributed by atoms with Gasteiger partial charge in [-0.15, -0.1) is 0 Å². The first-order chi connectivity index (χ1) is 18.7. The van der Waals surface area contributed by atoms with Gasteiger partial charge in [0.25, 0.3) is 0 Å². The fraction of sp³-hybridized carbons (Fsp3) is 0.312. The van der Waals surface area contributed by atoms with Crippen LogP contribution in [0.1, 0.15) is 46.0 Å². The fourth-order valence-electron chi connectivity index (χ4n) is 5.71. The second-order valence-electron chi connectivity index (χ2n) is 10.2. The van der Waals surface area contributed by atoms with Crippen molar-refractivity contribution in [3.8, 4) is 5.75 Å². The molecular formula is C32H34N4O2. The van der Waals surface area contributed by atoms with Gasteiger partial charge in [-0.2, -0.15) is 0 Å². The molecule has 1 aliphatic carbocycles. The van der Waals surface area contributed by atoms with Crippen molar-refractivity contribution < 1.29 is 9.53 Å². The summed E-state index contributed by atoms with van der Waals surface area (Å²) in [6, 6.07) is 25.0. The van der Waals surface area contributed by atoms with E-state index in [9.17, 15) is 4.79 Å². The highest BCUT2D eigenvalue weighted by molar-refractivity contribution is 5.99. The lowest BCUT2D eigenvalue weighted by molar-refractivity contribution is 0.0971. The number of carbonyl (C=O) groups is 1. The number of para-hydroxylation sites is 1. The molecule has 38 heavy (non-hydrogen) atoms. The Kier molecular flexibility index (Phi) is 7.22. The van der Waals surface area contributed by atoms with Crippen LogP contribution in [-0.2, 0) is 19.5 Å². The van der Waals surface area contributed by atoms with Crippen molar-refractivity contribution in [1.82, 2.24) is 14.5 Å². The van der Waals surface area contributed by atoms with Crippen LogP contribution < -0.4 is 9.64 Å². The van der Waals surface area contributed by atoms with Gasteiger partial charge in [0, 0.05) is 68.4 Å². The van der Waals surface area contributed by atoms with Crippen molar-refractivity contribution in [2.24, 2.45) is 0 Å². The van der Waals surface area contributed by atoms with Crippen molar-refractivity contribution >= 4 is 11.5 Å². The predicted octanol–water partition coefficient (Wildman–Crippen LogP) is 5.54. The minimum atomic E-state index is -0.170. The molecule has 194 valence electrons. The van der Waals surface area contributed by atoms with Crippen LogP contribution in [0.4, 0.5) is 5.69 Å². The SMILES string of the molecule is O=C1CCCc2c1ccc(OC(Cn1ccnc1)c1ccccc1)c2CN1CCN(c2ccccc2)CC1. The Hall–Kier alpha value is -3.90. The number of fused-ring (bicyclic) bond motifs is 1. The third-order valence-corrected chi connectivity index (χ3v) is 7.77. The molecule has 0 spiro atoms. The zero-order chi connectivity index (χ0) is 25.7. The van der Waals surface area contributed by atoms with E-state index in [0.29, 0.717) is 13.0 Å². The number of hydrogen-bond donors (Lipinski definition) is 0. The number of imidazole rings is 1. The first-order valence-electron chi connectivity index (χ1n) is 13.6. The lowest BCUT2D eigenvalue weighted by atomic mass is 9.86. The molecule has 0 N–H and O–H groups in total. The van der Waals surface area contributed by atoms with Crippen LogP contribution >= 0.6 is 0 Å². The molecule has 3 aromatic carbocycles. The van der Waals surface area contributed by atoms with Crippen LogP contribution in [0.5, 0.6) is 5.75 Å². The van der Waals surface area contributed by atoms with E-state index in [4.69, 9.17) is 4.74 Å². The summed E-state index contributed by atoms with van der Waals surface area (Å²) >= 11 is 0.